The van der Waals surface area contributed by atoms with Crippen molar-refractivity contribution in [2.45, 2.75) is 18.1 Å². The number of aromatic nitrogens is 2. The molecule has 176 valence electrons. The van der Waals surface area contributed by atoms with E-state index in [9.17, 15) is 8.42 Å². The number of methoxy groups -OCH3 is 2. The van der Waals surface area contributed by atoms with Crippen LogP contribution in [0.25, 0.3) is 16.9 Å². The maximum absolute atomic E-state index is 12.5. The Kier molecular flexibility index (Phi) is 5.97. The number of anilines is 1. The van der Waals surface area contributed by atoms with Crippen molar-refractivity contribution in [2.24, 2.45) is 0 Å². The van der Waals surface area contributed by atoms with E-state index in [1.807, 2.05) is 22.9 Å². The fourth-order valence-corrected chi connectivity index (χ4v) is 6.84. The lowest BCUT2D eigenvalue weighted by Crippen LogP contribution is -2.49. The van der Waals surface area contributed by atoms with E-state index in [1.54, 1.807) is 30.7 Å². The van der Waals surface area contributed by atoms with Gasteiger partial charge in [-0.3, -0.25) is 0 Å². The Balaban J connectivity index is 1.43. The number of ether oxygens (including phenoxy) is 2. The Morgan fingerprint density at radius 3 is 2.36 bits per heavy atom. The minimum Gasteiger partial charge on any atom is -0.496 e. The zero-order valence-electron chi connectivity index (χ0n) is 18.3. The molecule has 2 fully saturated rings. The van der Waals surface area contributed by atoms with Crippen molar-refractivity contribution in [1.29, 1.82) is 0 Å². The van der Waals surface area contributed by atoms with Crippen LogP contribution in [0.1, 0.15) is 12.8 Å². The molecule has 8 nitrogen and oxygen atoms in total. The summed E-state index contributed by atoms with van der Waals surface area (Å²) in [5.41, 5.74) is 3.25. The minimum atomic E-state index is -3.13. The predicted molar refractivity (Wildman–Crippen MR) is 132 cm³/mol. The van der Waals surface area contributed by atoms with Gasteiger partial charge < -0.3 is 18.8 Å². The average Bonchev–Trinajstić information content (AvgIpc) is 3.60. The maximum Gasteiger partial charge on any atom is 0.217 e. The third-order valence-electron chi connectivity index (χ3n) is 6.16. The highest BCUT2D eigenvalue weighted by molar-refractivity contribution is 9.10. The summed E-state index contributed by atoms with van der Waals surface area (Å²) in [6, 6.07) is 5.55. The first kappa shape index (κ1) is 22.8. The molecule has 5 rings (SSSR count). The average molecular weight is 556 g/mol. The molecule has 1 aliphatic carbocycles. The number of piperazine rings is 1. The summed E-state index contributed by atoms with van der Waals surface area (Å²) in [5, 5.41) is 0.310. The van der Waals surface area contributed by atoms with Crippen LogP contribution in [0.2, 0.25) is 5.02 Å². The van der Waals surface area contributed by atoms with Gasteiger partial charge >= 0.3 is 0 Å². The van der Waals surface area contributed by atoms with Crippen LogP contribution in [0.5, 0.6) is 11.5 Å². The molecule has 0 bridgehead atoms. The molecule has 1 saturated carbocycles. The van der Waals surface area contributed by atoms with Crippen LogP contribution in [0, 0.1) is 0 Å². The summed E-state index contributed by atoms with van der Waals surface area (Å²) < 4.78 is 40.4. The van der Waals surface area contributed by atoms with Gasteiger partial charge in [0.2, 0.25) is 10.0 Å². The number of rotatable bonds is 6. The van der Waals surface area contributed by atoms with Crippen LogP contribution >= 0.6 is 27.5 Å². The molecule has 1 aromatic carbocycles. The number of sulfonamides is 1. The minimum absolute atomic E-state index is 0.168. The number of nitrogens with zero attached hydrogens (tertiary/aromatic N) is 4. The molecule has 0 radical (unpaired) electrons. The number of halogens is 2. The Hall–Kier alpha value is -2.01. The number of hydrogen-bond acceptors (Lipinski definition) is 6. The maximum atomic E-state index is 12.5. The second-order valence-electron chi connectivity index (χ2n) is 8.22. The molecule has 0 amide bonds. The van der Waals surface area contributed by atoms with Gasteiger partial charge in [-0.2, -0.15) is 4.31 Å². The van der Waals surface area contributed by atoms with Gasteiger partial charge in [0.1, 0.15) is 17.1 Å². The summed E-state index contributed by atoms with van der Waals surface area (Å²) in [6.07, 6.45) is 5.46. The highest BCUT2D eigenvalue weighted by Crippen LogP contribution is 2.39. The van der Waals surface area contributed by atoms with Crippen molar-refractivity contribution in [1.82, 2.24) is 13.7 Å². The third-order valence-corrected chi connectivity index (χ3v) is 9.46. The van der Waals surface area contributed by atoms with Crippen LogP contribution in [-0.4, -0.2) is 67.8 Å². The first-order valence-electron chi connectivity index (χ1n) is 10.7. The molecule has 1 aliphatic heterocycles. The normalized spacial score (nSPS) is 17.5. The van der Waals surface area contributed by atoms with Gasteiger partial charge in [0, 0.05) is 56.3 Å². The molecule has 11 heteroatoms. The van der Waals surface area contributed by atoms with Crippen LogP contribution in [0.4, 0.5) is 5.69 Å². The van der Waals surface area contributed by atoms with Crippen LogP contribution < -0.4 is 14.4 Å². The lowest BCUT2D eigenvalue weighted by molar-refractivity contribution is 0.384. The SMILES string of the molecule is COc1cc(OC)c(-c2cn3cc(Br)c(N4CCN(S(=O)(=O)C5CC5)CC4)cc3n2)cc1Cl. The van der Waals surface area contributed by atoms with Crippen LogP contribution in [0.3, 0.4) is 0 Å². The molecular formula is C22H24BrClN4O4S. The molecule has 0 spiro atoms. The van der Waals surface area contributed by atoms with Crippen molar-refractivity contribution in [3.05, 3.63) is 40.1 Å². The quantitative estimate of drug-likeness (QED) is 0.457. The molecule has 0 atom stereocenters. The summed E-state index contributed by atoms with van der Waals surface area (Å²) in [5.74, 6) is 1.15. The Morgan fingerprint density at radius 1 is 1.03 bits per heavy atom. The van der Waals surface area contributed by atoms with E-state index in [4.69, 9.17) is 26.1 Å². The molecule has 0 unspecified atom stereocenters. The number of benzene rings is 1. The molecule has 33 heavy (non-hydrogen) atoms. The summed E-state index contributed by atoms with van der Waals surface area (Å²) >= 11 is 10.0. The Labute approximate surface area is 206 Å². The largest absolute Gasteiger partial charge is 0.496 e. The summed E-state index contributed by atoms with van der Waals surface area (Å²) in [7, 11) is 0.0230. The van der Waals surface area contributed by atoms with Gasteiger partial charge in [-0.25, -0.2) is 13.4 Å². The molecule has 3 aromatic rings. The van der Waals surface area contributed by atoms with Crippen molar-refractivity contribution in [2.75, 3.05) is 45.3 Å². The Morgan fingerprint density at radius 2 is 1.73 bits per heavy atom. The number of imidazole rings is 1. The van der Waals surface area contributed by atoms with Gasteiger partial charge in [-0.15, -0.1) is 0 Å². The highest BCUT2D eigenvalue weighted by Gasteiger charge is 2.41. The fraction of sp³-hybridized carbons (Fsp3) is 0.409. The lowest BCUT2D eigenvalue weighted by Gasteiger charge is -2.35. The summed E-state index contributed by atoms with van der Waals surface area (Å²) in [4.78, 5) is 7.00. The van der Waals surface area contributed by atoms with Crippen LogP contribution in [-0.2, 0) is 10.0 Å². The van der Waals surface area contributed by atoms with E-state index in [0.717, 1.165) is 39.9 Å². The van der Waals surface area contributed by atoms with Gasteiger partial charge in [0.25, 0.3) is 0 Å². The number of pyridine rings is 1. The molecule has 0 N–H and O–H groups in total. The Bertz CT molecular complexity index is 1320. The highest BCUT2D eigenvalue weighted by atomic mass is 79.9. The van der Waals surface area contributed by atoms with E-state index in [-0.39, 0.29) is 5.25 Å². The van der Waals surface area contributed by atoms with Crippen molar-refractivity contribution < 1.29 is 17.9 Å². The molecule has 1 saturated heterocycles. The van der Waals surface area contributed by atoms with E-state index in [2.05, 4.69) is 20.8 Å². The zero-order valence-corrected chi connectivity index (χ0v) is 21.5. The smallest absolute Gasteiger partial charge is 0.217 e. The molecule has 2 aromatic heterocycles. The van der Waals surface area contributed by atoms with Gasteiger partial charge in [0.05, 0.1) is 40.3 Å². The predicted octanol–water partition coefficient (Wildman–Crippen LogP) is 4.05. The van der Waals surface area contributed by atoms with E-state index in [0.29, 0.717) is 42.7 Å². The zero-order chi connectivity index (χ0) is 23.3. The first-order chi connectivity index (χ1) is 15.8. The van der Waals surface area contributed by atoms with Gasteiger partial charge in [-0.1, -0.05) is 11.6 Å². The van der Waals surface area contributed by atoms with E-state index in [1.165, 1.54) is 0 Å². The van der Waals surface area contributed by atoms with E-state index < -0.39 is 10.0 Å². The second-order valence-corrected chi connectivity index (χ2v) is 11.7. The van der Waals surface area contributed by atoms with Crippen molar-refractivity contribution in [3.63, 3.8) is 0 Å². The lowest BCUT2D eigenvalue weighted by atomic mass is 10.1. The molecule has 2 aliphatic rings. The monoisotopic (exact) mass is 554 g/mol. The van der Waals surface area contributed by atoms with Crippen LogP contribution in [0.15, 0.2) is 35.1 Å². The van der Waals surface area contributed by atoms with Gasteiger partial charge in [0.15, 0.2) is 0 Å². The first-order valence-corrected chi connectivity index (χ1v) is 13.3. The number of fused-ring (bicyclic) bond motifs is 1. The van der Waals surface area contributed by atoms with Gasteiger partial charge in [-0.05, 0) is 34.8 Å². The second kappa shape index (κ2) is 8.65. The standard InChI is InChI=1S/C22H24BrClN4O4S/c1-31-20-11-21(32-2)17(24)9-15(20)18-13-27-12-16(23)19(10-22(27)25-18)26-5-7-28(8-6-26)33(29,30)14-3-4-14/h9-14H,3-8H2,1-2H3. The molecule has 3 heterocycles. The fourth-order valence-electron chi connectivity index (χ4n) is 4.19. The third kappa shape index (κ3) is 4.18. The van der Waals surface area contributed by atoms with E-state index >= 15 is 0 Å². The van der Waals surface area contributed by atoms with Crippen molar-refractivity contribution >= 4 is 48.9 Å². The van der Waals surface area contributed by atoms with Crippen molar-refractivity contribution in [3.8, 4) is 22.8 Å². The number of hydrogen-bond donors (Lipinski definition) is 0. The molecular weight excluding hydrogens is 532 g/mol. The topological polar surface area (TPSA) is 76.4 Å². The summed E-state index contributed by atoms with van der Waals surface area (Å²) in [6.45, 7) is 2.27.